The molecule has 3 aromatic rings. The van der Waals surface area contributed by atoms with Crippen LogP contribution in [-0.2, 0) is 0 Å². The Hall–Kier alpha value is -1.61. The van der Waals surface area contributed by atoms with Crippen molar-refractivity contribution in [3.63, 3.8) is 0 Å². The predicted octanol–water partition coefficient (Wildman–Crippen LogP) is 5.51. The summed E-state index contributed by atoms with van der Waals surface area (Å²) in [4.78, 5) is 5.85. The maximum Gasteiger partial charge on any atom is 0.134 e. The fraction of sp³-hybridized carbons (Fsp3) is 0.312. The maximum absolute atomic E-state index is 5.58. The predicted molar refractivity (Wildman–Crippen MR) is 82.9 cm³/mol. The molecule has 0 aliphatic carbocycles. The van der Waals surface area contributed by atoms with Crippen molar-refractivity contribution in [1.82, 2.24) is 4.98 Å². The normalized spacial score (nSPS) is 10.4. The summed E-state index contributed by atoms with van der Waals surface area (Å²) in [6, 6.07) is 8.30. The number of hydrogen-bond donors (Lipinski definition) is 0. The Morgan fingerprint density at radius 1 is 1.05 bits per heavy atom. The van der Waals surface area contributed by atoms with Crippen LogP contribution in [0.1, 0.15) is 29.5 Å². The zero-order valence-corrected chi connectivity index (χ0v) is 12.9. The summed E-state index contributed by atoms with van der Waals surface area (Å²) in [7, 11) is 0. The lowest BCUT2D eigenvalue weighted by Gasteiger charge is -1.98. The first-order chi connectivity index (χ1) is 9.13. The van der Waals surface area contributed by atoms with Crippen LogP contribution in [0, 0.1) is 20.8 Å². The molecule has 0 saturated carbocycles. The zero-order chi connectivity index (χ0) is 14.0. The van der Waals surface area contributed by atoms with E-state index in [9.17, 15) is 0 Å². The lowest BCUT2D eigenvalue weighted by atomic mass is 10.1. The number of rotatable bonds is 1. The Labute approximate surface area is 118 Å². The molecule has 0 N–H and O–H groups in total. The fourth-order valence-corrected chi connectivity index (χ4v) is 2.96. The van der Waals surface area contributed by atoms with Gasteiger partial charge < -0.3 is 4.42 Å². The van der Waals surface area contributed by atoms with Gasteiger partial charge in [0.15, 0.2) is 0 Å². The van der Waals surface area contributed by atoms with Crippen molar-refractivity contribution in [2.24, 2.45) is 0 Å². The molecule has 2 nitrogen and oxygen atoms in total. The Balaban J connectivity index is 0.000000637. The summed E-state index contributed by atoms with van der Waals surface area (Å²) in [5.74, 6) is 0.948. The molecule has 2 heterocycles. The second-order valence-electron chi connectivity index (χ2n) is 4.25. The third-order valence-corrected chi connectivity index (χ3v) is 3.70. The van der Waals surface area contributed by atoms with Crippen LogP contribution < -0.4 is 0 Å². The monoisotopic (exact) mass is 273 g/mol. The molecule has 3 heteroatoms. The van der Waals surface area contributed by atoms with E-state index in [1.807, 2.05) is 33.8 Å². The number of aromatic nitrogens is 1. The molecule has 3 rings (SSSR count). The van der Waals surface area contributed by atoms with Gasteiger partial charge in [-0.3, -0.25) is 0 Å². The van der Waals surface area contributed by atoms with E-state index in [4.69, 9.17) is 4.42 Å². The van der Waals surface area contributed by atoms with Crippen molar-refractivity contribution < 1.29 is 4.42 Å². The SMILES string of the molecule is CC.Cc1cc2cc(-c3nc(C)sc3C)ccc2o1. The van der Waals surface area contributed by atoms with Crippen LogP contribution in [0.2, 0.25) is 0 Å². The van der Waals surface area contributed by atoms with Crippen LogP contribution in [0.4, 0.5) is 0 Å². The smallest absolute Gasteiger partial charge is 0.134 e. The van der Waals surface area contributed by atoms with Gasteiger partial charge in [-0.2, -0.15) is 0 Å². The van der Waals surface area contributed by atoms with E-state index in [-0.39, 0.29) is 0 Å². The molecule has 2 aromatic heterocycles. The number of furan rings is 1. The van der Waals surface area contributed by atoms with E-state index >= 15 is 0 Å². The molecule has 0 fully saturated rings. The highest BCUT2D eigenvalue weighted by molar-refractivity contribution is 7.11. The fourth-order valence-electron chi connectivity index (χ4n) is 2.12. The summed E-state index contributed by atoms with van der Waals surface area (Å²) in [6.07, 6.45) is 0. The first kappa shape index (κ1) is 13.8. The summed E-state index contributed by atoms with van der Waals surface area (Å²) in [5.41, 5.74) is 3.20. The van der Waals surface area contributed by atoms with Gasteiger partial charge in [0.05, 0.1) is 10.7 Å². The second-order valence-corrected chi connectivity index (χ2v) is 5.65. The Morgan fingerprint density at radius 3 is 2.42 bits per heavy atom. The molecule has 0 aliphatic rings. The largest absolute Gasteiger partial charge is 0.461 e. The molecule has 0 spiro atoms. The molecule has 0 atom stereocenters. The van der Waals surface area contributed by atoms with Crippen molar-refractivity contribution in [3.05, 3.63) is 39.9 Å². The molecule has 100 valence electrons. The average molecular weight is 273 g/mol. The van der Waals surface area contributed by atoms with E-state index in [2.05, 4.69) is 30.1 Å². The Morgan fingerprint density at radius 2 is 1.79 bits per heavy atom. The van der Waals surface area contributed by atoms with Crippen molar-refractivity contribution in [2.45, 2.75) is 34.6 Å². The third kappa shape index (κ3) is 2.71. The van der Waals surface area contributed by atoms with Gasteiger partial charge in [-0.25, -0.2) is 4.98 Å². The van der Waals surface area contributed by atoms with Crippen LogP contribution in [-0.4, -0.2) is 4.98 Å². The number of thiazole rings is 1. The standard InChI is InChI=1S/C14H13NOS.C2H6/c1-8-6-12-7-11(4-5-13(12)16-8)14-9(2)17-10(3)15-14;1-2/h4-7H,1-3H3;1-2H3. The number of nitrogens with zero attached hydrogens (tertiary/aromatic N) is 1. The average Bonchev–Trinajstić information content (AvgIpc) is 2.92. The van der Waals surface area contributed by atoms with Gasteiger partial charge in [0.2, 0.25) is 0 Å². The molecule has 0 aliphatic heterocycles. The lowest BCUT2D eigenvalue weighted by molar-refractivity contribution is 0.578. The van der Waals surface area contributed by atoms with Crippen molar-refractivity contribution in [3.8, 4) is 11.3 Å². The zero-order valence-electron chi connectivity index (χ0n) is 12.1. The number of aryl methyl sites for hydroxylation is 3. The summed E-state index contributed by atoms with van der Waals surface area (Å²) < 4.78 is 5.58. The first-order valence-electron chi connectivity index (χ1n) is 6.58. The molecule has 0 bridgehead atoms. The van der Waals surface area contributed by atoms with Gasteiger partial charge in [-0.05, 0) is 45.0 Å². The molecule has 19 heavy (non-hydrogen) atoms. The summed E-state index contributed by atoms with van der Waals surface area (Å²) in [5, 5.41) is 2.26. The van der Waals surface area contributed by atoms with Crippen LogP contribution in [0.5, 0.6) is 0 Å². The minimum absolute atomic E-state index is 0.941. The molecular weight excluding hydrogens is 254 g/mol. The molecule has 1 aromatic carbocycles. The van der Waals surface area contributed by atoms with E-state index in [0.29, 0.717) is 0 Å². The van der Waals surface area contributed by atoms with Gasteiger partial charge in [-0.1, -0.05) is 13.8 Å². The van der Waals surface area contributed by atoms with Gasteiger partial charge in [0, 0.05) is 15.8 Å². The highest BCUT2D eigenvalue weighted by Crippen LogP contribution is 2.30. The third-order valence-electron chi connectivity index (χ3n) is 2.82. The maximum atomic E-state index is 5.58. The quantitative estimate of drug-likeness (QED) is 0.584. The van der Waals surface area contributed by atoms with Crippen LogP contribution in [0.25, 0.3) is 22.2 Å². The molecule has 0 saturated heterocycles. The van der Waals surface area contributed by atoms with Crippen LogP contribution in [0.3, 0.4) is 0 Å². The molecule has 0 amide bonds. The summed E-state index contributed by atoms with van der Waals surface area (Å²) in [6.45, 7) is 10.1. The van der Waals surface area contributed by atoms with E-state index in [1.54, 1.807) is 11.3 Å². The van der Waals surface area contributed by atoms with Gasteiger partial charge >= 0.3 is 0 Å². The van der Waals surface area contributed by atoms with Crippen molar-refractivity contribution in [1.29, 1.82) is 0 Å². The summed E-state index contributed by atoms with van der Waals surface area (Å²) >= 11 is 1.74. The van der Waals surface area contributed by atoms with Gasteiger partial charge in [0.25, 0.3) is 0 Å². The highest BCUT2D eigenvalue weighted by Gasteiger charge is 2.09. The highest BCUT2D eigenvalue weighted by atomic mass is 32.1. The van der Waals surface area contributed by atoms with Gasteiger partial charge in [0.1, 0.15) is 11.3 Å². The van der Waals surface area contributed by atoms with E-state index < -0.39 is 0 Å². The molecular formula is C16H19NOS. The molecule has 0 unspecified atom stereocenters. The molecule has 0 radical (unpaired) electrons. The number of hydrogen-bond acceptors (Lipinski definition) is 3. The minimum atomic E-state index is 0.941. The van der Waals surface area contributed by atoms with E-state index in [0.717, 1.165) is 27.4 Å². The van der Waals surface area contributed by atoms with Crippen LogP contribution in [0.15, 0.2) is 28.7 Å². The lowest BCUT2D eigenvalue weighted by Crippen LogP contribution is -1.80. The van der Waals surface area contributed by atoms with Crippen molar-refractivity contribution in [2.75, 3.05) is 0 Å². The van der Waals surface area contributed by atoms with E-state index in [1.165, 1.54) is 10.4 Å². The van der Waals surface area contributed by atoms with Crippen LogP contribution >= 0.6 is 11.3 Å². The Bertz CT molecular complexity index is 694. The Kier molecular flexibility index (Phi) is 4.05. The topological polar surface area (TPSA) is 26.0 Å². The number of benzene rings is 1. The van der Waals surface area contributed by atoms with Gasteiger partial charge in [-0.15, -0.1) is 11.3 Å². The minimum Gasteiger partial charge on any atom is -0.461 e. The number of fused-ring (bicyclic) bond motifs is 1. The first-order valence-corrected chi connectivity index (χ1v) is 7.40. The van der Waals surface area contributed by atoms with Crippen molar-refractivity contribution >= 4 is 22.3 Å². The second kappa shape index (κ2) is 5.57.